The van der Waals surface area contributed by atoms with Gasteiger partial charge >= 0.3 is 0 Å². The Morgan fingerprint density at radius 3 is 2.79 bits per heavy atom. The van der Waals surface area contributed by atoms with Gasteiger partial charge in [0.05, 0.1) is 5.56 Å². The molecule has 0 saturated heterocycles. The summed E-state index contributed by atoms with van der Waals surface area (Å²) in [7, 11) is 0. The fourth-order valence-corrected chi connectivity index (χ4v) is 3.50. The Hall–Kier alpha value is -0.480. The molecular formula is C15H20BrNOS. The average Bonchev–Trinajstić information content (AvgIpc) is 2.55. The molecule has 1 aliphatic carbocycles. The van der Waals surface area contributed by atoms with Gasteiger partial charge in [-0.1, -0.05) is 42.1 Å². The molecule has 1 amide bonds. The van der Waals surface area contributed by atoms with Gasteiger partial charge in [0.25, 0.3) is 5.91 Å². The number of rotatable bonds is 2. The summed E-state index contributed by atoms with van der Waals surface area (Å²) in [5.41, 5.74) is 0.656. The Labute approximate surface area is 128 Å². The Morgan fingerprint density at radius 2 is 2.05 bits per heavy atom. The summed E-state index contributed by atoms with van der Waals surface area (Å²) in [6.45, 7) is 2.24. The zero-order valence-corrected chi connectivity index (χ0v) is 13.6. The summed E-state index contributed by atoms with van der Waals surface area (Å²) in [5, 5.41) is 3.18. The maximum absolute atomic E-state index is 12.3. The topological polar surface area (TPSA) is 29.1 Å². The monoisotopic (exact) mass is 341 g/mol. The van der Waals surface area contributed by atoms with Crippen LogP contribution in [0.3, 0.4) is 0 Å². The van der Waals surface area contributed by atoms with Crippen LogP contribution in [-0.2, 0) is 0 Å². The third-order valence-corrected chi connectivity index (χ3v) is 4.75. The second kappa shape index (κ2) is 6.80. The van der Waals surface area contributed by atoms with E-state index in [0.29, 0.717) is 22.4 Å². The van der Waals surface area contributed by atoms with Crippen molar-refractivity contribution in [3.05, 3.63) is 28.2 Å². The summed E-state index contributed by atoms with van der Waals surface area (Å²) in [6, 6.07) is 5.86. The molecule has 0 bridgehead atoms. The standard InChI is InChI=1S/C15H20BrNOS/c1-10-5-3-2-4-6-13(10)17-15(18)12-8-7-11(16)9-14(12)19/h7-10,13,19H,2-6H2,1H3,(H,17,18). The number of benzene rings is 1. The molecule has 1 fully saturated rings. The van der Waals surface area contributed by atoms with Crippen molar-refractivity contribution in [2.45, 2.75) is 50.0 Å². The molecule has 2 rings (SSSR count). The second-order valence-electron chi connectivity index (χ2n) is 5.36. The molecule has 2 atom stereocenters. The largest absolute Gasteiger partial charge is 0.349 e. The van der Waals surface area contributed by atoms with Crippen molar-refractivity contribution in [2.75, 3.05) is 0 Å². The van der Waals surface area contributed by atoms with Crippen LogP contribution in [0.2, 0.25) is 0 Å². The van der Waals surface area contributed by atoms with Crippen molar-refractivity contribution in [3.8, 4) is 0 Å². The molecule has 1 aromatic carbocycles. The van der Waals surface area contributed by atoms with Gasteiger partial charge in [0.15, 0.2) is 0 Å². The molecule has 19 heavy (non-hydrogen) atoms. The van der Waals surface area contributed by atoms with Gasteiger partial charge in [-0.05, 0) is 37.0 Å². The van der Waals surface area contributed by atoms with Crippen LogP contribution in [0.5, 0.6) is 0 Å². The highest BCUT2D eigenvalue weighted by Crippen LogP contribution is 2.24. The molecule has 1 N–H and O–H groups in total. The van der Waals surface area contributed by atoms with Gasteiger partial charge in [-0.25, -0.2) is 0 Å². The predicted octanol–water partition coefficient (Wildman–Crippen LogP) is 4.44. The highest BCUT2D eigenvalue weighted by molar-refractivity contribution is 9.10. The quantitative estimate of drug-likeness (QED) is 0.604. The zero-order valence-electron chi connectivity index (χ0n) is 11.2. The van der Waals surface area contributed by atoms with E-state index in [1.807, 2.05) is 18.2 Å². The highest BCUT2D eigenvalue weighted by Gasteiger charge is 2.22. The first kappa shape index (κ1) is 14.9. The van der Waals surface area contributed by atoms with E-state index >= 15 is 0 Å². The summed E-state index contributed by atoms with van der Waals surface area (Å²) >= 11 is 7.76. The van der Waals surface area contributed by atoms with Crippen molar-refractivity contribution >= 4 is 34.5 Å². The molecule has 104 valence electrons. The summed E-state index contributed by atoms with van der Waals surface area (Å²) in [5.74, 6) is 0.557. The Kier molecular flexibility index (Phi) is 5.34. The molecule has 2 nitrogen and oxygen atoms in total. The van der Waals surface area contributed by atoms with E-state index in [1.54, 1.807) is 0 Å². The molecule has 2 unspecified atom stereocenters. The van der Waals surface area contributed by atoms with E-state index in [9.17, 15) is 4.79 Å². The molecule has 1 aliphatic rings. The van der Waals surface area contributed by atoms with Crippen molar-refractivity contribution in [1.82, 2.24) is 5.32 Å². The predicted molar refractivity (Wildman–Crippen MR) is 84.9 cm³/mol. The fraction of sp³-hybridized carbons (Fsp3) is 0.533. The number of carbonyl (C=O) groups excluding carboxylic acids is 1. The maximum atomic E-state index is 12.3. The van der Waals surface area contributed by atoms with Crippen LogP contribution < -0.4 is 5.32 Å². The van der Waals surface area contributed by atoms with Crippen LogP contribution in [0.25, 0.3) is 0 Å². The van der Waals surface area contributed by atoms with Gasteiger partial charge in [0.2, 0.25) is 0 Å². The Bertz CT molecular complexity index is 463. The summed E-state index contributed by atoms with van der Waals surface area (Å²) in [4.78, 5) is 13.0. The zero-order chi connectivity index (χ0) is 13.8. The van der Waals surface area contributed by atoms with Crippen LogP contribution >= 0.6 is 28.6 Å². The lowest BCUT2D eigenvalue weighted by Gasteiger charge is -2.23. The van der Waals surface area contributed by atoms with Crippen LogP contribution in [0.4, 0.5) is 0 Å². The minimum absolute atomic E-state index is 0.00347. The number of hydrogen-bond acceptors (Lipinski definition) is 2. The van der Waals surface area contributed by atoms with Crippen molar-refractivity contribution in [1.29, 1.82) is 0 Å². The summed E-state index contributed by atoms with van der Waals surface area (Å²) < 4.78 is 0.942. The van der Waals surface area contributed by atoms with Crippen molar-refractivity contribution < 1.29 is 4.79 Å². The molecule has 4 heteroatoms. The first-order valence-electron chi connectivity index (χ1n) is 6.87. The van der Waals surface area contributed by atoms with E-state index in [1.165, 1.54) is 25.7 Å². The lowest BCUT2D eigenvalue weighted by atomic mass is 9.96. The van der Waals surface area contributed by atoms with E-state index in [2.05, 4.69) is 40.8 Å². The van der Waals surface area contributed by atoms with Crippen LogP contribution in [0.1, 0.15) is 49.4 Å². The highest BCUT2D eigenvalue weighted by atomic mass is 79.9. The van der Waals surface area contributed by atoms with Gasteiger partial charge in [0, 0.05) is 15.4 Å². The molecule has 0 aromatic heterocycles. The van der Waals surface area contributed by atoms with Gasteiger partial charge in [-0.15, -0.1) is 12.6 Å². The molecule has 0 radical (unpaired) electrons. The number of hydrogen-bond donors (Lipinski definition) is 2. The molecule has 1 saturated carbocycles. The number of thiol groups is 1. The molecule has 0 aliphatic heterocycles. The average molecular weight is 342 g/mol. The minimum Gasteiger partial charge on any atom is -0.349 e. The van der Waals surface area contributed by atoms with Crippen LogP contribution in [0.15, 0.2) is 27.6 Å². The van der Waals surface area contributed by atoms with E-state index in [-0.39, 0.29) is 5.91 Å². The first-order chi connectivity index (χ1) is 9.08. The normalized spacial score (nSPS) is 23.7. The number of carbonyl (C=O) groups is 1. The van der Waals surface area contributed by atoms with Crippen molar-refractivity contribution in [3.63, 3.8) is 0 Å². The van der Waals surface area contributed by atoms with Gasteiger partial charge in [-0.2, -0.15) is 0 Å². The van der Waals surface area contributed by atoms with Gasteiger partial charge < -0.3 is 5.32 Å². The number of halogens is 1. The molecule has 1 aromatic rings. The van der Waals surface area contributed by atoms with E-state index in [0.717, 1.165) is 10.9 Å². The molecular weight excluding hydrogens is 322 g/mol. The number of nitrogens with one attached hydrogen (secondary N) is 1. The van der Waals surface area contributed by atoms with E-state index < -0.39 is 0 Å². The smallest absolute Gasteiger partial charge is 0.252 e. The minimum atomic E-state index is -0.00347. The van der Waals surface area contributed by atoms with Crippen molar-refractivity contribution in [2.24, 2.45) is 5.92 Å². The van der Waals surface area contributed by atoms with Gasteiger partial charge in [-0.3, -0.25) is 4.79 Å². The lowest BCUT2D eigenvalue weighted by Crippen LogP contribution is -2.39. The third kappa shape index (κ3) is 3.99. The van der Waals surface area contributed by atoms with E-state index in [4.69, 9.17) is 0 Å². The lowest BCUT2D eigenvalue weighted by molar-refractivity contribution is 0.0918. The van der Waals surface area contributed by atoms with Gasteiger partial charge in [0.1, 0.15) is 0 Å². The van der Waals surface area contributed by atoms with Crippen LogP contribution in [-0.4, -0.2) is 11.9 Å². The molecule has 0 heterocycles. The first-order valence-corrected chi connectivity index (χ1v) is 8.11. The second-order valence-corrected chi connectivity index (χ2v) is 6.75. The SMILES string of the molecule is CC1CCCCCC1NC(=O)c1ccc(Br)cc1S. The molecule has 0 spiro atoms. The van der Waals surface area contributed by atoms with Crippen LogP contribution in [0, 0.1) is 5.92 Å². The maximum Gasteiger partial charge on any atom is 0.252 e. The Morgan fingerprint density at radius 1 is 1.32 bits per heavy atom. The fourth-order valence-electron chi connectivity index (χ4n) is 2.65. The summed E-state index contributed by atoms with van der Waals surface area (Å²) in [6.07, 6.45) is 6.07. The Balaban J connectivity index is 2.07. The number of amides is 1. The third-order valence-electron chi connectivity index (χ3n) is 3.88.